The number of rotatable bonds is 15. The van der Waals surface area contributed by atoms with Gasteiger partial charge in [0.05, 0.1) is 17.5 Å². The average molecular weight is 434 g/mol. The predicted octanol–water partition coefficient (Wildman–Crippen LogP) is 6.47. The van der Waals surface area contributed by atoms with E-state index in [9.17, 15) is 4.79 Å². The first kappa shape index (κ1) is 24.0. The Bertz CT molecular complexity index is 932. The van der Waals surface area contributed by atoms with Crippen molar-refractivity contribution in [3.05, 3.63) is 66.0 Å². The maximum Gasteiger partial charge on any atom is 0.224 e. The fourth-order valence-corrected chi connectivity index (χ4v) is 4.29. The molecule has 0 aliphatic heterocycles. The van der Waals surface area contributed by atoms with Crippen molar-refractivity contribution in [1.29, 1.82) is 0 Å². The maximum atomic E-state index is 12.2. The van der Waals surface area contributed by atoms with E-state index in [-0.39, 0.29) is 5.91 Å². The van der Waals surface area contributed by atoms with Crippen LogP contribution in [-0.2, 0) is 24.2 Å². The van der Waals surface area contributed by atoms with Crippen molar-refractivity contribution in [2.45, 2.75) is 84.1 Å². The number of unbranched alkanes of at least 4 members (excludes halogenated alkanes) is 7. The van der Waals surface area contributed by atoms with E-state index in [1.165, 1.54) is 56.9 Å². The molecule has 4 nitrogen and oxygen atoms in total. The lowest BCUT2D eigenvalue weighted by Crippen LogP contribution is -2.26. The molecule has 172 valence electrons. The first-order chi connectivity index (χ1) is 15.8. The number of amides is 1. The fraction of sp³-hybridized carbons (Fsp3) is 0.500. The highest BCUT2D eigenvalue weighted by Crippen LogP contribution is 2.19. The maximum absolute atomic E-state index is 12.2. The molecule has 0 atom stereocenters. The summed E-state index contributed by atoms with van der Waals surface area (Å²) in [5, 5.41) is 3.06. The predicted molar refractivity (Wildman–Crippen MR) is 134 cm³/mol. The van der Waals surface area contributed by atoms with Gasteiger partial charge in [0.25, 0.3) is 0 Å². The van der Waals surface area contributed by atoms with Crippen LogP contribution >= 0.6 is 0 Å². The Morgan fingerprint density at radius 1 is 0.844 bits per heavy atom. The number of hydrogen-bond donors (Lipinski definition) is 1. The lowest BCUT2D eigenvalue weighted by Gasteiger charge is -2.10. The highest BCUT2D eigenvalue weighted by atomic mass is 16.1. The molecule has 0 saturated heterocycles. The number of nitrogens with one attached hydrogen (secondary N) is 1. The van der Waals surface area contributed by atoms with Gasteiger partial charge in [-0.3, -0.25) is 4.79 Å². The molecule has 1 N–H and O–H groups in total. The summed E-state index contributed by atoms with van der Waals surface area (Å²) in [6.45, 7) is 3.99. The SMILES string of the molecule is CCCCCCCCCCn1c(CCCNC(=O)Cc2ccccc2)nc2ccccc21. The lowest BCUT2D eigenvalue weighted by atomic mass is 10.1. The van der Waals surface area contributed by atoms with Crippen molar-refractivity contribution < 1.29 is 4.79 Å². The number of para-hydroxylation sites is 2. The zero-order chi connectivity index (χ0) is 22.4. The van der Waals surface area contributed by atoms with E-state index in [0.29, 0.717) is 13.0 Å². The Balaban J connectivity index is 1.44. The minimum atomic E-state index is 0.0867. The molecule has 3 rings (SSSR count). The summed E-state index contributed by atoms with van der Waals surface area (Å²) in [4.78, 5) is 17.1. The molecule has 0 fully saturated rings. The van der Waals surface area contributed by atoms with Crippen molar-refractivity contribution in [2.24, 2.45) is 0 Å². The standard InChI is InChI=1S/C28H39N3O/c1-2-3-4-5-6-7-8-14-22-31-26-19-13-12-18-25(26)30-27(31)20-15-21-29-28(32)23-24-16-10-9-11-17-24/h9-13,16-19H,2-8,14-15,20-23H2,1H3,(H,29,32). The largest absolute Gasteiger partial charge is 0.356 e. The minimum Gasteiger partial charge on any atom is -0.356 e. The van der Waals surface area contributed by atoms with Gasteiger partial charge >= 0.3 is 0 Å². The van der Waals surface area contributed by atoms with E-state index in [1.807, 2.05) is 30.3 Å². The van der Waals surface area contributed by atoms with E-state index >= 15 is 0 Å². The molecule has 2 aromatic carbocycles. The van der Waals surface area contributed by atoms with Crippen LogP contribution in [0.4, 0.5) is 0 Å². The van der Waals surface area contributed by atoms with Gasteiger partial charge in [-0.15, -0.1) is 0 Å². The minimum absolute atomic E-state index is 0.0867. The van der Waals surface area contributed by atoms with Gasteiger partial charge in [-0.1, -0.05) is 94.3 Å². The molecule has 0 aliphatic carbocycles. The van der Waals surface area contributed by atoms with Crippen LogP contribution in [0.15, 0.2) is 54.6 Å². The molecule has 0 unspecified atom stereocenters. The first-order valence-corrected chi connectivity index (χ1v) is 12.5. The zero-order valence-electron chi connectivity index (χ0n) is 19.7. The summed E-state index contributed by atoms with van der Waals surface area (Å²) < 4.78 is 2.40. The summed E-state index contributed by atoms with van der Waals surface area (Å²) in [7, 11) is 0. The average Bonchev–Trinajstić information content (AvgIpc) is 3.16. The normalized spacial score (nSPS) is 11.2. The molecule has 0 saturated carbocycles. The van der Waals surface area contributed by atoms with Gasteiger partial charge in [-0.25, -0.2) is 4.98 Å². The van der Waals surface area contributed by atoms with Crippen molar-refractivity contribution >= 4 is 16.9 Å². The van der Waals surface area contributed by atoms with Gasteiger partial charge in [0.2, 0.25) is 5.91 Å². The Kier molecular flexibility index (Phi) is 10.3. The monoisotopic (exact) mass is 433 g/mol. The number of hydrogen-bond acceptors (Lipinski definition) is 2. The molecule has 1 heterocycles. The van der Waals surface area contributed by atoms with E-state index in [0.717, 1.165) is 36.3 Å². The van der Waals surface area contributed by atoms with E-state index in [1.54, 1.807) is 0 Å². The van der Waals surface area contributed by atoms with Crippen LogP contribution in [0.3, 0.4) is 0 Å². The lowest BCUT2D eigenvalue weighted by molar-refractivity contribution is -0.120. The topological polar surface area (TPSA) is 46.9 Å². The third-order valence-corrected chi connectivity index (χ3v) is 6.08. The summed E-state index contributed by atoms with van der Waals surface area (Å²) in [5.41, 5.74) is 3.37. The van der Waals surface area contributed by atoms with E-state index < -0.39 is 0 Å². The number of benzene rings is 2. The smallest absolute Gasteiger partial charge is 0.224 e. The molecule has 32 heavy (non-hydrogen) atoms. The third kappa shape index (κ3) is 7.81. The number of aromatic nitrogens is 2. The second-order valence-electron chi connectivity index (χ2n) is 8.76. The van der Waals surface area contributed by atoms with Crippen LogP contribution in [0, 0.1) is 0 Å². The number of carbonyl (C=O) groups is 1. The van der Waals surface area contributed by atoms with Gasteiger partial charge in [0, 0.05) is 19.5 Å². The Morgan fingerprint density at radius 3 is 2.31 bits per heavy atom. The van der Waals surface area contributed by atoms with Crippen molar-refractivity contribution in [1.82, 2.24) is 14.9 Å². The van der Waals surface area contributed by atoms with Crippen LogP contribution in [0.1, 0.15) is 76.1 Å². The fourth-order valence-electron chi connectivity index (χ4n) is 4.29. The number of nitrogens with zero attached hydrogens (tertiary/aromatic N) is 2. The molecule has 1 amide bonds. The summed E-state index contributed by atoms with van der Waals surface area (Å²) in [6.07, 6.45) is 12.9. The molecule has 0 aliphatic rings. The summed E-state index contributed by atoms with van der Waals surface area (Å²) in [6, 6.07) is 18.3. The second kappa shape index (κ2) is 13.7. The molecular formula is C28H39N3O. The zero-order valence-corrected chi connectivity index (χ0v) is 19.7. The van der Waals surface area contributed by atoms with Crippen LogP contribution in [-0.4, -0.2) is 22.0 Å². The van der Waals surface area contributed by atoms with Crippen molar-refractivity contribution in [2.75, 3.05) is 6.54 Å². The van der Waals surface area contributed by atoms with Crippen molar-refractivity contribution in [3.63, 3.8) is 0 Å². The van der Waals surface area contributed by atoms with E-state index in [4.69, 9.17) is 4.98 Å². The molecule has 3 aromatic rings. The van der Waals surface area contributed by atoms with Gasteiger partial charge < -0.3 is 9.88 Å². The van der Waals surface area contributed by atoms with Gasteiger partial charge in [0.1, 0.15) is 5.82 Å². The van der Waals surface area contributed by atoms with Crippen LogP contribution in [0.2, 0.25) is 0 Å². The number of carbonyl (C=O) groups excluding carboxylic acids is 1. The van der Waals surface area contributed by atoms with Crippen LogP contribution in [0.25, 0.3) is 11.0 Å². The van der Waals surface area contributed by atoms with Crippen LogP contribution < -0.4 is 5.32 Å². The Hall–Kier alpha value is -2.62. The molecule has 0 bridgehead atoms. The molecule has 0 radical (unpaired) electrons. The number of aryl methyl sites for hydroxylation is 2. The van der Waals surface area contributed by atoms with E-state index in [2.05, 4.69) is 41.1 Å². The molecular weight excluding hydrogens is 394 g/mol. The number of fused-ring (bicyclic) bond motifs is 1. The highest BCUT2D eigenvalue weighted by molar-refractivity contribution is 5.78. The van der Waals surface area contributed by atoms with Crippen molar-refractivity contribution in [3.8, 4) is 0 Å². The van der Waals surface area contributed by atoms with Gasteiger partial charge in [-0.2, -0.15) is 0 Å². The Morgan fingerprint density at radius 2 is 1.53 bits per heavy atom. The highest BCUT2D eigenvalue weighted by Gasteiger charge is 2.10. The van der Waals surface area contributed by atoms with Crippen LogP contribution in [0.5, 0.6) is 0 Å². The molecule has 4 heteroatoms. The second-order valence-corrected chi connectivity index (χ2v) is 8.76. The summed E-state index contributed by atoms with van der Waals surface area (Å²) >= 11 is 0. The molecule has 0 spiro atoms. The first-order valence-electron chi connectivity index (χ1n) is 12.5. The third-order valence-electron chi connectivity index (χ3n) is 6.08. The summed E-state index contributed by atoms with van der Waals surface area (Å²) in [5.74, 6) is 1.23. The van der Waals surface area contributed by atoms with Gasteiger partial charge in [-0.05, 0) is 30.5 Å². The van der Waals surface area contributed by atoms with Gasteiger partial charge in [0.15, 0.2) is 0 Å². The quantitative estimate of drug-likeness (QED) is 0.279. The molecule has 1 aromatic heterocycles. The Labute approximate surface area is 193 Å². The number of imidazole rings is 1.